The van der Waals surface area contributed by atoms with Crippen molar-refractivity contribution in [2.45, 2.75) is 31.1 Å². The molecule has 0 bridgehead atoms. The second kappa shape index (κ2) is 4.39. The van der Waals surface area contributed by atoms with Gasteiger partial charge in [0.2, 0.25) is 0 Å². The maximum absolute atomic E-state index is 11.1. The molecular formula is C12H17NO3. The van der Waals surface area contributed by atoms with Crippen molar-refractivity contribution >= 4 is 5.97 Å². The van der Waals surface area contributed by atoms with Gasteiger partial charge in [-0.15, -0.1) is 0 Å². The molecule has 0 aromatic carbocycles. The van der Waals surface area contributed by atoms with E-state index in [4.69, 9.17) is 9.84 Å². The quantitative estimate of drug-likeness (QED) is 0.773. The molecule has 0 aromatic rings. The van der Waals surface area contributed by atoms with Gasteiger partial charge in [-0.2, -0.15) is 0 Å². The Morgan fingerprint density at radius 3 is 2.69 bits per heavy atom. The lowest BCUT2D eigenvalue weighted by atomic mass is 9.95. The van der Waals surface area contributed by atoms with Gasteiger partial charge in [0.1, 0.15) is 0 Å². The van der Waals surface area contributed by atoms with Crippen molar-refractivity contribution in [2.75, 3.05) is 14.1 Å². The number of rotatable bonds is 4. The molecule has 2 atom stereocenters. The molecule has 2 rings (SSSR count). The van der Waals surface area contributed by atoms with E-state index in [0.29, 0.717) is 11.7 Å². The highest BCUT2D eigenvalue weighted by Gasteiger charge is 2.35. The third-order valence-electron chi connectivity index (χ3n) is 2.88. The molecule has 2 unspecified atom stereocenters. The summed E-state index contributed by atoms with van der Waals surface area (Å²) in [5.41, 5.74) is 0.401. The van der Waals surface area contributed by atoms with Crippen molar-refractivity contribution in [1.82, 2.24) is 4.90 Å². The van der Waals surface area contributed by atoms with Crippen LogP contribution in [0, 0.1) is 0 Å². The van der Waals surface area contributed by atoms with Gasteiger partial charge in [-0.25, -0.2) is 4.79 Å². The predicted molar refractivity (Wildman–Crippen MR) is 60.2 cm³/mol. The van der Waals surface area contributed by atoms with E-state index in [9.17, 15) is 4.79 Å². The van der Waals surface area contributed by atoms with Gasteiger partial charge in [-0.1, -0.05) is 18.2 Å². The summed E-state index contributed by atoms with van der Waals surface area (Å²) < 4.78 is 5.82. The number of aliphatic carboxylic acids is 1. The molecule has 0 saturated heterocycles. The highest BCUT2D eigenvalue weighted by atomic mass is 16.5. The number of ether oxygens (including phenoxy) is 1. The van der Waals surface area contributed by atoms with E-state index < -0.39 is 5.97 Å². The molecule has 1 saturated carbocycles. The van der Waals surface area contributed by atoms with Gasteiger partial charge >= 0.3 is 5.97 Å². The van der Waals surface area contributed by atoms with Crippen LogP contribution in [0.15, 0.2) is 23.8 Å². The highest BCUT2D eigenvalue weighted by molar-refractivity contribution is 5.89. The zero-order valence-electron chi connectivity index (χ0n) is 9.59. The van der Waals surface area contributed by atoms with E-state index in [-0.39, 0.29) is 12.1 Å². The number of carbonyl (C=O) groups is 1. The maximum atomic E-state index is 11.1. The Morgan fingerprint density at radius 2 is 2.19 bits per heavy atom. The first-order valence-corrected chi connectivity index (χ1v) is 5.53. The average molecular weight is 223 g/mol. The number of nitrogens with zero attached hydrogens (tertiary/aromatic N) is 1. The smallest absolute Gasteiger partial charge is 0.333 e. The van der Waals surface area contributed by atoms with Crippen molar-refractivity contribution in [3.05, 3.63) is 23.8 Å². The van der Waals surface area contributed by atoms with Gasteiger partial charge in [0, 0.05) is 0 Å². The standard InChI is InChI=1S/C12H17NO3/c1-13(2)11-9(12(14)15)4-3-5-10(11)16-8-6-7-8/h3-5,8,10-11H,6-7H2,1-2H3,(H,14,15). The van der Waals surface area contributed by atoms with Crippen LogP contribution in [-0.4, -0.2) is 48.3 Å². The summed E-state index contributed by atoms with van der Waals surface area (Å²) in [6.45, 7) is 0. The van der Waals surface area contributed by atoms with Crippen molar-refractivity contribution in [2.24, 2.45) is 0 Å². The van der Waals surface area contributed by atoms with Crippen LogP contribution >= 0.6 is 0 Å². The molecule has 0 aromatic heterocycles. The summed E-state index contributed by atoms with van der Waals surface area (Å²) in [6, 6.07) is -0.192. The molecule has 16 heavy (non-hydrogen) atoms. The first-order valence-electron chi connectivity index (χ1n) is 5.53. The Kier molecular flexibility index (Phi) is 3.12. The Labute approximate surface area is 95.2 Å². The SMILES string of the molecule is CN(C)C1C(C(=O)O)=CC=CC1OC1CC1. The minimum absolute atomic E-state index is 0.140. The normalized spacial score (nSPS) is 29.3. The fourth-order valence-electron chi connectivity index (χ4n) is 1.97. The third-order valence-corrected chi connectivity index (χ3v) is 2.88. The van der Waals surface area contributed by atoms with Gasteiger partial charge in [0.15, 0.2) is 0 Å². The zero-order chi connectivity index (χ0) is 11.7. The maximum Gasteiger partial charge on any atom is 0.333 e. The van der Waals surface area contributed by atoms with Gasteiger partial charge in [-0.3, -0.25) is 4.90 Å². The molecular weight excluding hydrogens is 206 g/mol. The van der Waals surface area contributed by atoms with Crippen LogP contribution < -0.4 is 0 Å². The lowest BCUT2D eigenvalue weighted by Crippen LogP contribution is -2.44. The molecule has 0 amide bonds. The monoisotopic (exact) mass is 223 g/mol. The molecule has 4 nitrogen and oxygen atoms in total. The van der Waals surface area contributed by atoms with Crippen LogP contribution in [0.3, 0.4) is 0 Å². The van der Waals surface area contributed by atoms with Crippen LogP contribution in [0.1, 0.15) is 12.8 Å². The molecule has 0 heterocycles. The predicted octanol–water partition coefficient (Wildman–Crippen LogP) is 1.04. The van der Waals surface area contributed by atoms with Crippen molar-refractivity contribution in [1.29, 1.82) is 0 Å². The van der Waals surface area contributed by atoms with E-state index in [1.165, 1.54) is 0 Å². The largest absolute Gasteiger partial charge is 0.478 e. The van der Waals surface area contributed by atoms with Crippen LogP contribution in [0.5, 0.6) is 0 Å². The van der Waals surface area contributed by atoms with E-state index >= 15 is 0 Å². The second-order valence-electron chi connectivity index (χ2n) is 4.52. The van der Waals surface area contributed by atoms with E-state index in [1.54, 1.807) is 12.2 Å². The first-order chi connectivity index (χ1) is 7.59. The van der Waals surface area contributed by atoms with Gasteiger partial charge in [-0.05, 0) is 26.9 Å². The number of carboxylic acids is 1. The molecule has 0 aliphatic heterocycles. The number of carboxylic acid groups (broad SMARTS) is 1. The molecule has 0 spiro atoms. The molecule has 1 fully saturated rings. The Balaban J connectivity index is 2.16. The zero-order valence-corrected chi connectivity index (χ0v) is 9.59. The summed E-state index contributed by atoms with van der Waals surface area (Å²) >= 11 is 0. The lowest BCUT2D eigenvalue weighted by molar-refractivity contribution is -0.134. The molecule has 2 aliphatic carbocycles. The highest BCUT2D eigenvalue weighted by Crippen LogP contribution is 2.30. The van der Waals surface area contributed by atoms with Crippen LogP contribution in [0.4, 0.5) is 0 Å². The van der Waals surface area contributed by atoms with E-state index in [2.05, 4.69) is 0 Å². The van der Waals surface area contributed by atoms with Gasteiger partial charge < -0.3 is 9.84 Å². The summed E-state index contributed by atoms with van der Waals surface area (Å²) in [5, 5.41) is 9.14. The molecule has 0 radical (unpaired) electrons. The summed E-state index contributed by atoms with van der Waals surface area (Å²) in [4.78, 5) is 13.0. The van der Waals surface area contributed by atoms with Crippen molar-refractivity contribution in [3.63, 3.8) is 0 Å². The van der Waals surface area contributed by atoms with Crippen molar-refractivity contribution in [3.8, 4) is 0 Å². The lowest BCUT2D eigenvalue weighted by Gasteiger charge is -2.32. The fourth-order valence-corrected chi connectivity index (χ4v) is 1.97. The van der Waals surface area contributed by atoms with Crippen LogP contribution in [0.25, 0.3) is 0 Å². The minimum Gasteiger partial charge on any atom is -0.478 e. The number of hydrogen-bond acceptors (Lipinski definition) is 3. The topological polar surface area (TPSA) is 49.8 Å². The summed E-state index contributed by atoms with van der Waals surface area (Å²) in [7, 11) is 3.76. The molecule has 1 N–H and O–H groups in total. The number of allylic oxidation sites excluding steroid dienone is 2. The minimum atomic E-state index is -0.868. The van der Waals surface area contributed by atoms with Crippen LogP contribution in [-0.2, 0) is 9.53 Å². The Morgan fingerprint density at radius 1 is 1.50 bits per heavy atom. The molecule has 88 valence electrons. The Bertz CT molecular complexity index is 342. The average Bonchev–Trinajstić information content (AvgIpc) is 3.00. The summed E-state index contributed by atoms with van der Waals surface area (Å²) in [6.07, 6.45) is 7.74. The molecule has 2 aliphatic rings. The van der Waals surface area contributed by atoms with E-state index in [1.807, 2.05) is 25.1 Å². The van der Waals surface area contributed by atoms with Crippen molar-refractivity contribution < 1.29 is 14.6 Å². The van der Waals surface area contributed by atoms with E-state index in [0.717, 1.165) is 12.8 Å². The fraction of sp³-hybridized carbons (Fsp3) is 0.583. The second-order valence-corrected chi connectivity index (χ2v) is 4.52. The summed E-state index contributed by atoms with van der Waals surface area (Å²) in [5.74, 6) is -0.868. The number of likely N-dealkylation sites (N-methyl/N-ethyl adjacent to an activating group) is 1. The number of hydrogen-bond donors (Lipinski definition) is 1. The van der Waals surface area contributed by atoms with Crippen LogP contribution in [0.2, 0.25) is 0 Å². The third kappa shape index (κ3) is 2.33. The molecule has 4 heteroatoms. The van der Waals surface area contributed by atoms with Gasteiger partial charge in [0.25, 0.3) is 0 Å². The Hall–Kier alpha value is -1.13. The van der Waals surface area contributed by atoms with Gasteiger partial charge in [0.05, 0.1) is 23.8 Å². The first kappa shape index (κ1) is 11.4.